The van der Waals surface area contributed by atoms with Crippen LogP contribution in [-0.2, 0) is 4.74 Å². The van der Waals surface area contributed by atoms with Gasteiger partial charge in [-0.2, -0.15) is 17.0 Å². The number of rotatable bonds is 8. The van der Waals surface area contributed by atoms with Crippen LogP contribution in [0.3, 0.4) is 0 Å². The third-order valence-corrected chi connectivity index (χ3v) is 3.13. The molecular weight excluding hydrogens is 234 g/mol. The van der Waals surface area contributed by atoms with Gasteiger partial charge >= 0.3 is 0 Å². The highest BCUT2D eigenvalue weighted by Crippen LogP contribution is 2.13. The maximum absolute atomic E-state index is 8.73. The smallest absolute Gasteiger partial charge is 0.120 e. The lowest BCUT2D eigenvalue weighted by Crippen LogP contribution is -2.00. The van der Waals surface area contributed by atoms with Crippen LogP contribution in [0.4, 0.5) is 0 Å². The summed E-state index contributed by atoms with van der Waals surface area (Å²) in [5.41, 5.74) is 0.636. The number of thioether (sulfide) groups is 1. The Bertz CT molecular complexity index is 363. The summed E-state index contributed by atoms with van der Waals surface area (Å²) >= 11 is 1.86. The van der Waals surface area contributed by atoms with E-state index in [4.69, 9.17) is 14.7 Å². The van der Waals surface area contributed by atoms with Crippen LogP contribution >= 0.6 is 11.8 Å². The van der Waals surface area contributed by atoms with Gasteiger partial charge in [-0.05, 0) is 30.4 Å². The molecule has 0 bridgehead atoms. The van der Waals surface area contributed by atoms with Crippen molar-refractivity contribution in [3.63, 3.8) is 0 Å². The quantitative estimate of drug-likeness (QED) is 0.666. The van der Waals surface area contributed by atoms with Gasteiger partial charge in [0.15, 0.2) is 0 Å². The molecule has 3 nitrogen and oxygen atoms in total. The topological polar surface area (TPSA) is 42.2 Å². The van der Waals surface area contributed by atoms with Crippen molar-refractivity contribution in [1.82, 2.24) is 0 Å². The van der Waals surface area contributed by atoms with Crippen molar-refractivity contribution >= 4 is 11.8 Å². The molecule has 1 aromatic rings. The summed E-state index contributed by atoms with van der Waals surface area (Å²) in [5.74, 6) is 2.87. The summed E-state index contributed by atoms with van der Waals surface area (Å²) < 4.78 is 10.5. The molecule has 0 saturated carbocycles. The van der Waals surface area contributed by atoms with Gasteiger partial charge in [0.2, 0.25) is 0 Å². The average Bonchev–Trinajstić information content (AvgIpc) is 2.38. The predicted octanol–water partition coefficient (Wildman–Crippen LogP) is 2.71. The lowest BCUT2D eigenvalue weighted by atomic mass is 10.2. The number of hydrogen-bond donors (Lipinski definition) is 0. The van der Waals surface area contributed by atoms with E-state index in [2.05, 4.69) is 6.07 Å². The second kappa shape index (κ2) is 8.91. The molecule has 1 rings (SSSR count). The van der Waals surface area contributed by atoms with Crippen molar-refractivity contribution in [2.45, 2.75) is 6.42 Å². The summed E-state index contributed by atoms with van der Waals surface area (Å²) in [6, 6.07) is 9.34. The SMILES string of the molecule is COCCSCCCOc1cccc(C#N)c1. The normalized spacial score (nSPS) is 9.88. The average molecular weight is 251 g/mol. The van der Waals surface area contributed by atoms with Crippen LogP contribution in [0.2, 0.25) is 0 Å². The Kier molecular flexibility index (Phi) is 7.28. The zero-order chi connectivity index (χ0) is 12.3. The van der Waals surface area contributed by atoms with Gasteiger partial charge in [-0.1, -0.05) is 6.07 Å². The maximum atomic E-state index is 8.73. The number of benzene rings is 1. The second-order valence-electron chi connectivity index (χ2n) is 3.45. The number of ether oxygens (including phenoxy) is 2. The summed E-state index contributed by atoms with van der Waals surface area (Å²) in [6.45, 7) is 1.49. The van der Waals surface area contributed by atoms with Gasteiger partial charge in [0.1, 0.15) is 5.75 Å². The summed E-state index contributed by atoms with van der Waals surface area (Å²) in [4.78, 5) is 0. The van der Waals surface area contributed by atoms with Crippen LogP contribution in [0.5, 0.6) is 5.75 Å². The third-order valence-electron chi connectivity index (χ3n) is 2.10. The molecule has 0 N–H and O–H groups in total. The predicted molar refractivity (Wildman–Crippen MR) is 70.5 cm³/mol. The Morgan fingerprint density at radius 1 is 1.29 bits per heavy atom. The van der Waals surface area contributed by atoms with Crippen LogP contribution in [0.15, 0.2) is 24.3 Å². The molecule has 0 aliphatic rings. The highest BCUT2D eigenvalue weighted by Gasteiger charge is 1.96. The lowest BCUT2D eigenvalue weighted by Gasteiger charge is -2.06. The first-order valence-electron chi connectivity index (χ1n) is 5.56. The van der Waals surface area contributed by atoms with Crippen molar-refractivity contribution in [3.8, 4) is 11.8 Å². The Hall–Kier alpha value is -1.18. The maximum Gasteiger partial charge on any atom is 0.120 e. The molecule has 0 unspecified atom stereocenters. The molecule has 0 aliphatic carbocycles. The molecule has 0 heterocycles. The summed E-state index contributed by atoms with van der Waals surface area (Å²) in [6.07, 6.45) is 1.01. The molecule has 0 spiro atoms. The van der Waals surface area contributed by atoms with E-state index in [1.807, 2.05) is 23.9 Å². The highest BCUT2D eigenvalue weighted by molar-refractivity contribution is 7.99. The fraction of sp³-hybridized carbons (Fsp3) is 0.462. The van der Waals surface area contributed by atoms with Crippen LogP contribution < -0.4 is 4.74 Å². The molecule has 4 heteroatoms. The van der Waals surface area contributed by atoms with Gasteiger partial charge in [0, 0.05) is 12.9 Å². The zero-order valence-electron chi connectivity index (χ0n) is 10.0. The Labute approximate surface area is 107 Å². The molecular formula is C13H17NO2S. The minimum Gasteiger partial charge on any atom is -0.494 e. The molecule has 0 atom stereocenters. The molecule has 0 aliphatic heterocycles. The third kappa shape index (κ3) is 6.20. The molecule has 0 fully saturated rings. The van der Waals surface area contributed by atoms with E-state index in [1.165, 1.54) is 0 Å². The van der Waals surface area contributed by atoms with Crippen molar-refractivity contribution in [2.75, 3.05) is 31.8 Å². The molecule has 92 valence electrons. The molecule has 17 heavy (non-hydrogen) atoms. The van der Waals surface area contributed by atoms with E-state index in [0.717, 1.165) is 30.3 Å². The van der Waals surface area contributed by atoms with Crippen molar-refractivity contribution < 1.29 is 9.47 Å². The van der Waals surface area contributed by atoms with Gasteiger partial charge < -0.3 is 9.47 Å². The van der Waals surface area contributed by atoms with Crippen molar-refractivity contribution in [1.29, 1.82) is 5.26 Å². The Morgan fingerprint density at radius 3 is 2.94 bits per heavy atom. The molecule has 0 amide bonds. The first kappa shape index (κ1) is 13.9. The molecule has 0 radical (unpaired) electrons. The number of hydrogen-bond acceptors (Lipinski definition) is 4. The Balaban J connectivity index is 2.12. The van der Waals surface area contributed by atoms with Crippen LogP contribution in [0.25, 0.3) is 0 Å². The van der Waals surface area contributed by atoms with Gasteiger partial charge in [-0.15, -0.1) is 0 Å². The minimum absolute atomic E-state index is 0.636. The second-order valence-corrected chi connectivity index (χ2v) is 4.67. The lowest BCUT2D eigenvalue weighted by molar-refractivity contribution is 0.218. The van der Waals surface area contributed by atoms with E-state index in [1.54, 1.807) is 19.2 Å². The van der Waals surface area contributed by atoms with E-state index in [-0.39, 0.29) is 0 Å². The zero-order valence-corrected chi connectivity index (χ0v) is 10.8. The van der Waals surface area contributed by atoms with Crippen LogP contribution in [0.1, 0.15) is 12.0 Å². The highest BCUT2D eigenvalue weighted by atomic mass is 32.2. The molecule has 1 aromatic carbocycles. The van der Waals surface area contributed by atoms with Gasteiger partial charge in [0.05, 0.1) is 24.8 Å². The fourth-order valence-electron chi connectivity index (χ4n) is 1.25. The van der Waals surface area contributed by atoms with Gasteiger partial charge in [0.25, 0.3) is 0 Å². The van der Waals surface area contributed by atoms with E-state index < -0.39 is 0 Å². The standard InChI is InChI=1S/C13H17NO2S/c1-15-7-9-17-8-3-6-16-13-5-2-4-12(10-13)11-14/h2,4-5,10H,3,6-9H2,1H3. The van der Waals surface area contributed by atoms with Gasteiger partial charge in [-0.25, -0.2) is 0 Å². The number of nitriles is 1. The summed E-state index contributed by atoms with van der Waals surface area (Å²) in [7, 11) is 1.71. The number of methoxy groups -OCH3 is 1. The van der Waals surface area contributed by atoms with Crippen molar-refractivity contribution in [3.05, 3.63) is 29.8 Å². The first-order chi connectivity index (χ1) is 8.36. The fourth-order valence-corrected chi connectivity index (χ4v) is 2.06. The monoisotopic (exact) mass is 251 g/mol. The minimum atomic E-state index is 0.636. The van der Waals surface area contributed by atoms with Crippen LogP contribution in [0, 0.1) is 11.3 Å². The summed E-state index contributed by atoms with van der Waals surface area (Å²) in [5, 5.41) is 8.73. The largest absolute Gasteiger partial charge is 0.494 e. The van der Waals surface area contributed by atoms with E-state index >= 15 is 0 Å². The van der Waals surface area contributed by atoms with E-state index in [0.29, 0.717) is 12.2 Å². The molecule has 0 aromatic heterocycles. The van der Waals surface area contributed by atoms with E-state index in [9.17, 15) is 0 Å². The van der Waals surface area contributed by atoms with Gasteiger partial charge in [-0.3, -0.25) is 0 Å². The van der Waals surface area contributed by atoms with Crippen molar-refractivity contribution in [2.24, 2.45) is 0 Å². The van der Waals surface area contributed by atoms with Crippen LogP contribution in [-0.4, -0.2) is 31.8 Å². The first-order valence-corrected chi connectivity index (χ1v) is 6.72. The molecule has 0 saturated heterocycles. The number of nitrogens with zero attached hydrogens (tertiary/aromatic N) is 1. The Morgan fingerprint density at radius 2 is 2.18 bits per heavy atom.